The van der Waals surface area contributed by atoms with Crippen LogP contribution in [0.1, 0.15) is 105 Å². The summed E-state index contributed by atoms with van der Waals surface area (Å²) < 4.78 is 0. The van der Waals surface area contributed by atoms with Crippen molar-refractivity contribution in [3.05, 3.63) is 0 Å². The van der Waals surface area contributed by atoms with Crippen molar-refractivity contribution < 1.29 is 19.8 Å². The van der Waals surface area contributed by atoms with Crippen LogP contribution in [0.15, 0.2) is 0 Å². The largest absolute Gasteiger partial charge is 0.481 e. The van der Waals surface area contributed by atoms with Crippen LogP contribution in [0.3, 0.4) is 0 Å². The van der Waals surface area contributed by atoms with Crippen molar-refractivity contribution >= 4 is 11.9 Å². The maximum Gasteiger partial charge on any atom is 0.309 e. The topological polar surface area (TPSA) is 74.6 Å². The SMILES string of the molecule is CCCCC(CC)(CCC(CCCC)(CCCC)C(=O)O)C(=O)O. The van der Waals surface area contributed by atoms with Crippen molar-refractivity contribution in [1.29, 1.82) is 0 Å². The normalized spacial score (nSPS) is 14.3. The molecular formula is C20H38O4. The van der Waals surface area contributed by atoms with E-state index < -0.39 is 22.8 Å². The number of hydrogen-bond acceptors (Lipinski definition) is 2. The Labute approximate surface area is 148 Å². The molecule has 4 nitrogen and oxygen atoms in total. The highest BCUT2D eigenvalue weighted by Gasteiger charge is 2.42. The molecule has 0 amide bonds. The molecule has 0 aliphatic rings. The highest BCUT2D eigenvalue weighted by atomic mass is 16.4. The molecule has 1 atom stereocenters. The van der Waals surface area contributed by atoms with E-state index in [4.69, 9.17) is 0 Å². The maximum absolute atomic E-state index is 12.1. The zero-order chi connectivity index (χ0) is 18.6. The van der Waals surface area contributed by atoms with Crippen LogP contribution < -0.4 is 0 Å². The molecule has 0 fully saturated rings. The molecule has 0 aromatic heterocycles. The zero-order valence-corrected chi connectivity index (χ0v) is 16.2. The van der Waals surface area contributed by atoms with Crippen molar-refractivity contribution in [3.8, 4) is 0 Å². The Morgan fingerprint density at radius 1 is 0.625 bits per heavy atom. The molecule has 2 N–H and O–H groups in total. The van der Waals surface area contributed by atoms with E-state index in [2.05, 4.69) is 20.8 Å². The molecule has 1 unspecified atom stereocenters. The van der Waals surface area contributed by atoms with Gasteiger partial charge < -0.3 is 10.2 Å². The van der Waals surface area contributed by atoms with Gasteiger partial charge in [0.25, 0.3) is 0 Å². The zero-order valence-electron chi connectivity index (χ0n) is 16.2. The maximum atomic E-state index is 12.1. The summed E-state index contributed by atoms with van der Waals surface area (Å²) in [6.07, 6.45) is 9.03. The molecule has 0 aliphatic heterocycles. The van der Waals surface area contributed by atoms with E-state index >= 15 is 0 Å². The predicted octanol–water partition coefficient (Wildman–Crippen LogP) is 5.89. The predicted molar refractivity (Wildman–Crippen MR) is 98.2 cm³/mol. The third-order valence-corrected chi connectivity index (χ3v) is 5.69. The molecule has 0 aromatic carbocycles. The van der Waals surface area contributed by atoms with Crippen molar-refractivity contribution in [3.63, 3.8) is 0 Å². The van der Waals surface area contributed by atoms with E-state index in [1.165, 1.54) is 0 Å². The molecule has 24 heavy (non-hydrogen) atoms. The van der Waals surface area contributed by atoms with Gasteiger partial charge in [-0.3, -0.25) is 9.59 Å². The van der Waals surface area contributed by atoms with Gasteiger partial charge in [-0.25, -0.2) is 0 Å². The Morgan fingerprint density at radius 3 is 1.25 bits per heavy atom. The molecule has 0 spiro atoms. The summed E-state index contributed by atoms with van der Waals surface area (Å²) in [5, 5.41) is 19.7. The lowest BCUT2D eigenvalue weighted by atomic mass is 9.68. The molecule has 0 rings (SSSR count). The average Bonchev–Trinajstić information content (AvgIpc) is 2.56. The first kappa shape index (κ1) is 22.9. The first-order valence-corrected chi connectivity index (χ1v) is 9.81. The lowest BCUT2D eigenvalue weighted by Crippen LogP contribution is -2.36. The Kier molecular flexibility index (Phi) is 11.0. The standard InChI is InChI=1S/C20H38O4/c1-5-9-12-19(8-4,17(21)22)15-16-20(18(23)24,13-10-6-2)14-11-7-3/h5-16H2,1-4H3,(H,21,22)(H,23,24). The average molecular weight is 343 g/mol. The molecule has 0 radical (unpaired) electrons. The number of carbonyl (C=O) groups is 2. The Balaban J connectivity index is 5.34. The van der Waals surface area contributed by atoms with Gasteiger partial charge in [-0.1, -0.05) is 66.2 Å². The van der Waals surface area contributed by atoms with Crippen molar-refractivity contribution in [2.45, 2.75) is 105 Å². The number of carboxylic acid groups (broad SMARTS) is 2. The van der Waals surface area contributed by atoms with Crippen LogP contribution in [0.2, 0.25) is 0 Å². The van der Waals surface area contributed by atoms with Crippen molar-refractivity contribution in [2.75, 3.05) is 0 Å². The fraction of sp³-hybridized carbons (Fsp3) is 0.900. The van der Waals surface area contributed by atoms with Crippen molar-refractivity contribution in [2.24, 2.45) is 10.8 Å². The molecule has 0 heterocycles. The Morgan fingerprint density at radius 2 is 0.958 bits per heavy atom. The summed E-state index contributed by atoms with van der Waals surface area (Å²) in [4.78, 5) is 24.0. The van der Waals surface area contributed by atoms with Crippen LogP contribution in [0.5, 0.6) is 0 Å². The van der Waals surface area contributed by atoms with Gasteiger partial charge in [0, 0.05) is 0 Å². The smallest absolute Gasteiger partial charge is 0.309 e. The van der Waals surface area contributed by atoms with Crippen LogP contribution in [0.25, 0.3) is 0 Å². The van der Waals surface area contributed by atoms with Crippen LogP contribution >= 0.6 is 0 Å². The van der Waals surface area contributed by atoms with E-state index in [0.717, 1.165) is 38.5 Å². The van der Waals surface area contributed by atoms with Crippen LogP contribution in [-0.4, -0.2) is 22.2 Å². The van der Waals surface area contributed by atoms with Gasteiger partial charge in [0.15, 0.2) is 0 Å². The highest BCUT2D eigenvalue weighted by molar-refractivity contribution is 5.76. The van der Waals surface area contributed by atoms with E-state index in [-0.39, 0.29) is 0 Å². The lowest BCUT2D eigenvalue weighted by Gasteiger charge is -2.35. The minimum atomic E-state index is -0.769. The van der Waals surface area contributed by atoms with Gasteiger partial charge >= 0.3 is 11.9 Å². The van der Waals surface area contributed by atoms with Gasteiger partial charge in [0.2, 0.25) is 0 Å². The lowest BCUT2D eigenvalue weighted by molar-refractivity contribution is -0.156. The second kappa shape index (κ2) is 11.5. The minimum Gasteiger partial charge on any atom is -0.481 e. The van der Waals surface area contributed by atoms with Crippen molar-refractivity contribution in [1.82, 2.24) is 0 Å². The summed E-state index contributed by atoms with van der Waals surface area (Å²) in [6.45, 7) is 8.12. The summed E-state index contributed by atoms with van der Waals surface area (Å²) in [7, 11) is 0. The molecule has 0 aliphatic carbocycles. The summed E-state index contributed by atoms with van der Waals surface area (Å²) >= 11 is 0. The van der Waals surface area contributed by atoms with Gasteiger partial charge in [-0.15, -0.1) is 0 Å². The second-order valence-corrected chi connectivity index (χ2v) is 7.34. The molecule has 142 valence electrons. The van der Waals surface area contributed by atoms with Crippen LogP contribution in [-0.2, 0) is 9.59 Å². The van der Waals surface area contributed by atoms with E-state index in [1.807, 2.05) is 6.92 Å². The third-order valence-electron chi connectivity index (χ3n) is 5.69. The minimum absolute atomic E-state index is 0.471. The number of hydrogen-bond donors (Lipinski definition) is 2. The second-order valence-electron chi connectivity index (χ2n) is 7.34. The number of aliphatic carboxylic acids is 2. The van der Waals surface area contributed by atoms with Gasteiger partial charge in [-0.2, -0.15) is 0 Å². The van der Waals surface area contributed by atoms with Crippen LogP contribution in [0.4, 0.5) is 0 Å². The first-order valence-electron chi connectivity index (χ1n) is 9.81. The van der Waals surface area contributed by atoms with E-state index in [0.29, 0.717) is 38.5 Å². The molecule has 4 heteroatoms. The van der Waals surface area contributed by atoms with Gasteiger partial charge in [0.1, 0.15) is 0 Å². The quantitative estimate of drug-likeness (QED) is 0.389. The fourth-order valence-corrected chi connectivity index (χ4v) is 3.56. The Bertz CT molecular complexity index is 370. The van der Waals surface area contributed by atoms with Gasteiger partial charge in [0.05, 0.1) is 10.8 Å². The molecule has 0 saturated heterocycles. The monoisotopic (exact) mass is 342 g/mol. The highest BCUT2D eigenvalue weighted by Crippen LogP contribution is 2.43. The number of carboxylic acids is 2. The Hall–Kier alpha value is -1.06. The summed E-state index contributed by atoms with van der Waals surface area (Å²) in [5.74, 6) is -1.50. The molecule has 0 aromatic rings. The number of rotatable bonds is 15. The molecule has 0 saturated carbocycles. The summed E-state index contributed by atoms with van der Waals surface area (Å²) in [6, 6.07) is 0. The first-order chi connectivity index (χ1) is 11.3. The number of unbranched alkanes of at least 4 members (excludes halogenated alkanes) is 3. The van der Waals surface area contributed by atoms with E-state index in [9.17, 15) is 19.8 Å². The van der Waals surface area contributed by atoms with E-state index in [1.54, 1.807) is 0 Å². The molecule has 0 bridgehead atoms. The third kappa shape index (κ3) is 6.45. The molecular weight excluding hydrogens is 304 g/mol. The van der Waals surface area contributed by atoms with Gasteiger partial charge in [-0.05, 0) is 38.5 Å². The van der Waals surface area contributed by atoms with Crippen LogP contribution in [0, 0.1) is 10.8 Å². The fourth-order valence-electron chi connectivity index (χ4n) is 3.56. The summed E-state index contributed by atoms with van der Waals surface area (Å²) in [5.41, 5.74) is -1.52.